The van der Waals surface area contributed by atoms with Gasteiger partial charge in [0.1, 0.15) is 11.3 Å². The lowest BCUT2D eigenvalue weighted by atomic mass is 9.96. The molecular formula is C16H21NO2. The molecule has 19 heavy (non-hydrogen) atoms. The minimum atomic E-state index is 0.264. The minimum absolute atomic E-state index is 0.264. The molecule has 1 aliphatic rings. The third-order valence-electron chi connectivity index (χ3n) is 3.86. The first-order valence-electron chi connectivity index (χ1n) is 7.09. The number of benzene rings is 1. The van der Waals surface area contributed by atoms with Crippen LogP contribution >= 0.6 is 0 Å². The van der Waals surface area contributed by atoms with Gasteiger partial charge in [-0.25, -0.2) is 0 Å². The number of furan rings is 1. The summed E-state index contributed by atoms with van der Waals surface area (Å²) >= 11 is 0. The molecule has 3 nitrogen and oxygen atoms in total. The fourth-order valence-corrected chi connectivity index (χ4v) is 2.87. The van der Waals surface area contributed by atoms with Crippen molar-refractivity contribution in [3.05, 3.63) is 35.6 Å². The van der Waals surface area contributed by atoms with Crippen molar-refractivity contribution in [3.8, 4) is 0 Å². The number of aryl methyl sites for hydroxylation is 1. The first-order valence-corrected chi connectivity index (χ1v) is 7.09. The number of hydrogen-bond donors (Lipinski definition) is 1. The number of fused-ring (bicyclic) bond motifs is 1. The molecule has 3 rings (SSSR count). The van der Waals surface area contributed by atoms with Crippen molar-refractivity contribution >= 4 is 11.0 Å². The average molecular weight is 259 g/mol. The van der Waals surface area contributed by atoms with Crippen LogP contribution in [0.25, 0.3) is 11.0 Å². The molecule has 0 amide bonds. The van der Waals surface area contributed by atoms with E-state index in [1.54, 1.807) is 0 Å². The molecule has 0 saturated carbocycles. The Morgan fingerprint density at radius 2 is 2.26 bits per heavy atom. The normalized spacial score (nSPS) is 21.1. The Morgan fingerprint density at radius 1 is 1.37 bits per heavy atom. The smallest absolute Gasteiger partial charge is 0.134 e. The van der Waals surface area contributed by atoms with Crippen LogP contribution in [0.3, 0.4) is 0 Å². The van der Waals surface area contributed by atoms with Gasteiger partial charge in [0, 0.05) is 17.9 Å². The molecule has 2 unspecified atom stereocenters. The molecule has 3 heteroatoms. The maximum absolute atomic E-state index is 6.03. The maximum Gasteiger partial charge on any atom is 0.134 e. The van der Waals surface area contributed by atoms with Crippen LogP contribution < -0.4 is 5.32 Å². The van der Waals surface area contributed by atoms with E-state index in [-0.39, 0.29) is 6.04 Å². The molecule has 1 fully saturated rings. The van der Waals surface area contributed by atoms with Crippen molar-refractivity contribution in [2.24, 2.45) is 5.92 Å². The zero-order valence-corrected chi connectivity index (χ0v) is 11.6. The molecule has 0 aliphatic carbocycles. The highest BCUT2D eigenvalue weighted by molar-refractivity contribution is 5.78. The van der Waals surface area contributed by atoms with Gasteiger partial charge in [0.05, 0.1) is 12.6 Å². The highest BCUT2D eigenvalue weighted by atomic mass is 16.5. The fraction of sp³-hybridized carbons (Fsp3) is 0.500. The van der Waals surface area contributed by atoms with E-state index >= 15 is 0 Å². The van der Waals surface area contributed by atoms with Gasteiger partial charge < -0.3 is 14.5 Å². The fourth-order valence-electron chi connectivity index (χ4n) is 2.87. The summed E-state index contributed by atoms with van der Waals surface area (Å²) in [6.07, 6.45) is 1.10. The number of nitrogens with one attached hydrogen (secondary N) is 1. The molecule has 0 radical (unpaired) electrons. The van der Waals surface area contributed by atoms with E-state index in [0.717, 1.165) is 37.5 Å². The molecule has 1 aromatic heterocycles. The molecule has 1 N–H and O–H groups in total. The molecule has 1 saturated heterocycles. The Labute approximate surface area is 113 Å². The van der Waals surface area contributed by atoms with Crippen molar-refractivity contribution in [3.63, 3.8) is 0 Å². The van der Waals surface area contributed by atoms with E-state index in [2.05, 4.69) is 43.4 Å². The van der Waals surface area contributed by atoms with Gasteiger partial charge >= 0.3 is 0 Å². The van der Waals surface area contributed by atoms with Gasteiger partial charge in [-0.05, 0) is 38.1 Å². The summed E-state index contributed by atoms with van der Waals surface area (Å²) in [6, 6.07) is 8.77. The molecule has 1 aliphatic heterocycles. The Kier molecular flexibility index (Phi) is 3.58. The summed E-state index contributed by atoms with van der Waals surface area (Å²) in [7, 11) is 0. The highest BCUT2D eigenvalue weighted by Crippen LogP contribution is 2.32. The Bertz CT molecular complexity index is 555. The Morgan fingerprint density at radius 3 is 3.00 bits per heavy atom. The SMILES string of the molecule is CCNC(c1cc2cc(C)ccc2o1)C1CCOC1. The van der Waals surface area contributed by atoms with Crippen LogP contribution in [0.15, 0.2) is 28.7 Å². The summed E-state index contributed by atoms with van der Waals surface area (Å²) in [5.41, 5.74) is 2.24. The molecule has 2 aromatic rings. The van der Waals surface area contributed by atoms with Crippen LogP contribution in [0.4, 0.5) is 0 Å². The molecule has 0 bridgehead atoms. The molecule has 2 heterocycles. The van der Waals surface area contributed by atoms with E-state index < -0.39 is 0 Å². The summed E-state index contributed by atoms with van der Waals surface area (Å²) < 4.78 is 11.5. The number of rotatable bonds is 4. The summed E-state index contributed by atoms with van der Waals surface area (Å²) in [5.74, 6) is 1.56. The van der Waals surface area contributed by atoms with Crippen molar-refractivity contribution in [1.29, 1.82) is 0 Å². The summed E-state index contributed by atoms with van der Waals surface area (Å²) in [4.78, 5) is 0. The van der Waals surface area contributed by atoms with E-state index in [1.165, 1.54) is 10.9 Å². The van der Waals surface area contributed by atoms with Gasteiger partial charge in [-0.2, -0.15) is 0 Å². The van der Waals surface area contributed by atoms with Gasteiger partial charge in [0.25, 0.3) is 0 Å². The first-order chi connectivity index (χ1) is 9.28. The number of ether oxygens (including phenoxy) is 1. The molecule has 102 valence electrons. The predicted octanol–water partition coefficient (Wildman–Crippen LogP) is 3.43. The predicted molar refractivity (Wildman–Crippen MR) is 76.3 cm³/mol. The van der Waals surface area contributed by atoms with Gasteiger partial charge in [-0.15, -0.1) is 0 Å². The lowest BCUT2D eigenvalue weighted by Crippen LogP contribution is -2.28. The zero-order chi connectivity index (χ0) is 13.2. The van der Waals surface area contributed by atoms with E-state index in [9.17, 15) is 0 Å². The average Bonchev–Trinajstić information content (AvgIpc) is 3.04. The van der Waals surface area contributed by atoms with Crippen molar-refractivity contribution in [2.75, 3.05) is 19.8 Å². The lowest BCUT2D eigenvalue weighted by molar-refractivity contribution is 0.173. The zero-order valence-electron chi connectivity index (χ0n) is 11.6. The van der Waals surface area contributed by atoms with Crippen LogP contribution in [0.2, 0.25) is 0 Å². The van der Waals surface area contributed by atoms with Crippen LogP contribution in [0, 0.1) is 12.8 Å². The Balaban J connectivity index is 1.94. The first kappa shape index (κ1) is 12.7. The third-order valence-corrected chi connectivity index (χ3v) is 3.86. The quantitative estimate of drug-likeness (QED) is 0.913. The van der Waals surface area contributed by atoms with Crippen molar-refractivity contribution < 1.29 is 9.15 Å². The largest absolute Gasteiger partial charge is 0.459 e. The van der Waals surface area contributed by atoms with E-state index in [4.69, 9.17) is 9.15 Å². The van der Waals surface area contributed by atoms with Crippen LogP contribution in [-0.2, 0) is 4.74 Å². The van der Waals surface area contributed by atoms with Gasteiger partial charge in [-0.3, -0.25) is 0 Å². The maximum atomic E-state index is 6.03. The molecule has 0 spiro atoms. The van der Waals surface area contributed by atoms with Gasteiger partial charge in [0.15, 0.2) is 0 Å². The summed E-state index contributed by atoms with van der Waals surface area (Å²) in [5, 5.41) is 4.73. The highest BCUT2D eigenvalue weighted by Gasteiger charge is 2.28. The molecule has 2 atom stereocenters. The lowest BCUT2D eigenvalue weighted by Gasteiger charge is -2.20. The second-order valence-corrected chi connectivity index (χ2v) is 5.35. The van der Waals surface area contributed by atoms with E-state index in [1.807, 2.05) is 0 Å². The second kappa shape index (κ2) is 5.35. The molecular weight excluding hydrogens is 238 g/mol. The number of hydrogen-bond acceptors (Lipinski definition) is 3. The minimum Gasteiger partial charge on any atom is -0.459 e. The van der Waals surface area contributed by atoms with E-state index in [0.29, 0.717) is 5.92 Å². The van der Waals surface area contributed by atoms with Crippen LogP contribution in [-0.4, -0.2) is 19.8 Å². The topological polar surface area (TPSA) is 34.4 Å². The van der Waals surface area contributed by atoms with Gasteiger partial charge in [0.2, 0.25) is 0 Å². The summed E-state index contributed by atoms with van der Waals surface area (Å²) in [6.45, 7) is 6.88. The van der Waals surface area contributed by atoms with Crippen LogP contribution in [0.5, 0.6) is 0 Å². The van der Waals surface area contributed by atoms with Crippen molar-refractivity contribution in [2.45, 2.75) is 26.3 Å². The second-order valence-electron chi connectivity index (χ2n) is 5.35. The monoisotopic (exact) mass is 259 g/mol. The van der Waals surface area contributed by atoms with Crippen molar-refractivity contribution in [1.82, 2.24) is 5.32 Å². The Hall–Kier alpha value is -1.32. The third kappa shape index (κ3) is 2.53. The molecule has 1 aromatic carbocycles. The van der Waals surface area contributed by atoms with Crippen LogP contribution in [0.1, 0.15) is 30.7 Å². The standard InChI is InChI=1S/C16H21NO2/c1-3-17-16(12-6-7-18-10-12)15-9-13-8-11(2)4-5-14(13)19-15/h4-5,8-9,12,16-17H,3,6-7,10H2,1-2H3. The van der Waals surface area contributed by atoms with Gasteiger partial charge in [-0.1, -0.05) is 18.6 Å².